The van der Waals surface area contributed by atoms with E-state index in [2.05, 4.69) is 53.6 Å². The number of carbonyl (C=O) groups excluding carboxylic acids is 1. The van der Waals surface area contributed by atoms with Gasteiger partial charge >= 0.3 is 0 Å². The van der Waals surface area contributed by atoms with Crippen LogP contribution in [0, 0.1) is 13.8 Å². The van der Waals surface area contributed by atoms with Crippen molar-refractivity contribution in [2.45, 2.75) is 38.5 Å². The van der Waals surface area contributed by atoms with Crippen molar-refractivity contribution >= 4 is 17.7 Å². The van der Waals surface area contributed by atoms with Crippen molar-refractivity contribution in [3.05, 3.63) is 65.2 Å². The van der Waals surface area contributed by atoms with Crippen molar-refractivity contribution in [3.8, 4) is 11.5 Å². The lowest BCUT2D eigenvalue weighted by molar-refractivity contribution is -0.119. The molecule has 0 saturated carbocycles. The molecule has 0 bridgehead atoms. The van der Waals surface area contributed by atoms with E-state index >= 15 is 0 Å². The van der Waals surface area contributed by atoms with E-state index < -0.39 is 0 Å². The molecule has 1 amide bonds. The van der Waals surface area contributed by atoms with E-state index in [1.807, 2.05) is 31.2 Å². The van der Waals surface area contributed by atoms with Crippen molar-refractivity contribution in [1.29, 1.82) is 0 Å². The Morgan fingerprint density at radius 2 is 1.67 bits per heavy atom. The lowest BCUT2D eigenvalue weighted by atomic mass is 10.0. The van der Waals surface area contributed by atoms with Crippen molar-refractivity contribution in [2.75, 3.05) is 5.75 Å². The van der Waals surface area contributed by atoms with E-state index in [4.69, 9.17) is 4.42 Å². The molecular weight excluding hydrogens is 358 g/mol. The summed E-state index contributed by atoms with van der Waals surface area (Å²) in [5, 5.41) is 11.5. The van der Waals surface area contributed by atoms with Gasteiger partial charge in [0.25, 0.3) is 5.22 Å². The fraction of sp³-hybridized carbons (Fsp3) is 0.286. The smallest absolute Gasteiger partial charge is 0.277 e. The van der Waals surface area contributed by atoms with Crippen LogP contribution in [-0.4, -0.2) is 21.9 Å². The minimum Gasteiger partial charge on any atom is -0.411 e. The van der Waals surface area contributed by atoms with Crippen LogP contribution in [0.5, 0.6) is 0 Å². The molecule has 0 saturated heterocycles. The fourth-order valence-electron chi connectivity index (χ4n) is 2.66. The number of hydrogen-bond acceptors (Lipinski definition) is 5. The predicted octanol–water partition coefficient (Wildman–Crippen LogP) is 4.71. The molecule has 1 heterocycles. The molecule has 0 radical (unpaired) electrons. The van der Waals surface area contributed by atoms with Gasteiger partial charge in [-0.25, -0.2) is 0 Å². The zero-order valence-corrected chi connectivity index (χ0v) is 16.5. The largest absolute Gasteiger partial charge is 0.411 e. The molecule has 0 spiro atoms. The van der Waals surface area contributed by atoms with Gasteiger partial charge in [-0.05, 0) is 38.0 Å². The fourth-order valence-corrected chi connectivity index (χ4v) is 3.24. The third-order valence-electron chi connectivity index (χ3n) is 4.25. The van der Waals surface area contributed by atoms with Crippen LogP contribution in [0.1, 0.15) is 36.1 Å². The Morgan fingerprint density at radius 1 is 1.04 bits per heavy atom. The van der Waals surface area contributed by atoms with E-state index in [1.54, 1.807) is 0 Å². The summed E-state index contributed by atoms with van der Waals surface area (Å²) >= 11 is 1.24. The Kier molecular flexibility index (Phi) is 6.29. The molecule has 27 heavy (non-hydrogen) atoms. The zero-order valence-electron chi connectivity index (χ0n) is 15.7. The lowest BCUT2D eigenvalue weighted by Crippen LogP contribution is -2.29. The third kappa shape index (κ3) is 5.20. The quantitative estimate of drug-likeness (QED) is 0.600. The minimum absolute atomic E-state index is 0.00417. The maximum atomic E-state index is 12.3. The number of hydrogen-bond donors (Lipinski definition) is 1. The van der Waals surface area contributed by atoms with Crippen LogP contribution in [0.2, 0.25) is 0 Å². The maximum Gasteiger partial charge on any atom is 0.277 e. The van der Waals surface area contributed by atoms with Crippen LogP contribution in [-0.2, 0) is 4.79 Å². The Balaban J connectivity index is 1.55. The first-order chi connectivity index (χ1) is 13.0. The molecular formula is C21H23N3O2S. The van der Waals surface area contributed by atoms with Crippen LogP contribution in [0.4, 0.5) is 0 Å². The highest BCUT2D eigenvalue weighted by molar-refractivity contribution is 7.99. The van der Waals surface area contributed by atoms with Crippen molar-refractivity contribution < 1.29 is 9.21 Å². The normalized spacial score (nSPS) is 12.0. The second kappa shape index (κ2) is 8.86. The summed E-state index contributed by atoms with van der Waals surface area (Å²) in [5.41, 5.74) is 4.36. The summed E-state index contributed by atoms with van der Waals surface area (Å²) in [5.74, 6) is 0.643. The molecule has 2 aromatic carbocycles. The van der Waals surface area contributed by atoms with Gasteiger partial charge in [0.05, 0.1) is 11.8 Å². The third-order valence-corrected chi connectivity index (χ3v) is 5.07. The first-order valence-electron chi connectivity index (χ1n) is 8.94. The van der Waals surface area contributed by atoms with E-state index in [0.29, 0.717) is 11.1 Å². The number of thioether (sulfide) groups is 1. The molecule has 0 fully saturated rings. The Bertz CT molecular complexity index is 889. The first-order valence-corrected chi connectivity index (χ1v) is 9.93. The van der Waals surface area contributed by atoms with E-state index in [0.717, 1.165) is 17.5 Å². The van der Waals surface area contributed by atoms with Gasteiger partial charge in [-0.2, -0.15) is 0 Å². The summed E-state index contributed by atoms with van der Waals surface area (Å²) in [6, 6.07) is 16.1. The number of aryl methyl sites for hydroxylation is 2. The zero-order chi connectivity index (χ0) is 19.2. The van der Waals surface area contributed by atoms with Gasteiger partial charge in [0.2, 0.25) is 11.8 Å². The molecule has 3 aromatic rings. The Hall–Kier alpha value is -2.60. The summed E-state index contributed by atoms with van der Waals surface area (Å²) in [7, 11) is 0. The lowest BCUT2D eigenvalue weighted by Gasteiger charge is -2.17. The van der Waals surface area contributed by atoms with Crippen molar-refractivity contribution in [1.82, 2.24) is 15.5 Å². The van der Waals surface area contributed by atoms with Gasteiger partial charge in [0.15, 0.2) is 0 Å². The topological polar surface area (TPSA) is 68.0 Å². The first kappa shape index (κ1) is 19.2. The second-order valence-corrected chi connectivity index (χ2v) is 7.39. The van der Waals surface area contributed by atoms with Crippen LogP contribution >= 0.6 is 11.8 Å². The van der Waals surface area contributed by atoms with Crippen LogP contribution < -0.4 is 5.32 Å². The molecule has 0 unspecified atom stereocenters. The van der Waals surface area contributed by atoms with Gasteiger partial charge in [-0.15, -0.1) is 10.2 Å². The highest BCUT2D eigenvalue weighted by Gasteiger charge is 2.15. The minimum atomic E-state index is -0.0532. The molecule has 0 aliphatic carbocycles. The average Bonchev–Trinajstić information content (AvgIpc) is 3.15. The van der Waals surface area contributed by atoms with Crippen LogP contribution in [0.25, 0.3) is 11.5 Å². The monoisotopic (exact) mass is 381 g/mol. The van der Waals surface area contributed by atoms with Gasteiger partial charge < -0.3 is 9.73 Å². The summed E-state index contributed by atoms with van der Waals surface area (Å²) in [6.45, 7) is 6.14. The number of nitrogens with zero attached hydrogens (tertiary/aromatic N) is 2. The molecule has 0 aliphatic rings. The number of aromatic nitrogens is 2. The number of nitrogens with one attached hydrogen (secondary N) is 1. The molecule has 1 atom stereocenters. The predicted molar refractivity (Wildman–Crippen MR) is 108 cm³/mol. The van der Waals surface area contributed by atoms with Gasteiger partial charge in [-0.1, -0.05) is 66.2 Å². The van der Waals surface area contributed by atoms with Crippen LogP contribution in [0.15, 0.2) is 58.2 Å². The molecule has 1 aromatic heterocycles. The van der Waals surface area contributed by atoms with E-state index in [-0.39, 0.29) is 17.7 Å². The molecule has 1 N–H and O–H groups in total. The number of benzene rings is 2. The molecule has 0 aliphatic heterocycles. The summed E-state index contributed by atoms with van der Waals surface area (Å²) in [4.78, 5) is 12.3. The highest BCUT2D eigenvalue weighted by Crippen LogP contribution is 2.24. The van der Waals surface area contributed by atoms with Crippen LogP contribution in [0.3, 0.4) is 0 Å². The molecule has 6 heteroatoms. The molecule has 3 rings (SSSR count). The Morgan fingerprint density at radius 3 is 2.30 bits per heavy atom. The van der Waals surface area contributed by atoms with Crippen molar-refractivity contribution in [3.63, 3.8) is 0 Å². The highest BCUT2D eigenvalue weighted by atomic mass is 32.2. The van der Waals surface area contributed by atoms with Gasteiger partial charge in [0.1, 0.15) is 0 Å². The maximum absolute atomic E-state index is 12.3. The summed E-state index contributed by atoms with van der Waals surface area (Å²) in [6.07, 6.45) is 0.831. The molecule has 140 valence electrons. The van der Waals surface area contributed by atoms with Gasteiger partial charge in [-0.3, -0.25) is 4.79 Å². The average molecular weight is 382 g/mol. The number of rotatable bonds is 7. The molecule has 5 nitrogen and oxygen atoms in total. The number of carbonyl (C=O) groups is 1. The number of amides is 1. The van der Waals surface area contributed by atoms with E-state index in [1.165, 1.54) is 22.9 Å². The van der Waals surface area contributed by atoms with E-state index in [9.17, 15) is 4.79 Å². The Labute approximate surface area is 163 Å². The van der Waals surface area contributed by atoms with Gasteiger partial charge in [0, 0.05) is 5.56 Å². The SMILES string of the molecule is CC[C@@H](NC(=O)CSc1nnc(-c2ccc(C)cc2)o1)c1ccc(C)cc1. The summed E-state index contributed by atoms with van der Waals surface area (Å²) < 4.78 is 5.65. The standard InChI is InChI=1S/C21H23N3O2S/c1-4-18(16-9-5-14(2)6-10-16)22-19(25)13-27-21-24-23-20(26-21)17-11-7-15(3)8-12-17/h5-12,18H,4,13H2,1-3H3,(H,22,25)/t18-/m1/s1. The van der Waals surface area contributed by atoms with Crippen molar-refractivity contribution in [2.24, 2.45) is 0 Å². The second-order valence-electron chi connectivity index (χ2n) is 6.47.